The zero-order valence-corrected chi connectivity index (χ0v) is 5.79. The second-order valence-electron chi connectivity index (χ2n) is 2.20. The Morgan fingerprint density at radius 2 is 2.33 bits per heavy atom. The molecule has 0 aromatic carbocycles. The molecule has 0 radical (unpaired) electrons. The summed E-state index contributed by atoms with van der Waals surface area (Å²) >= 11 is 0. The van der Waals surface area contributed by atoms with Gasteiger partial charge in [0.25, 0.3) is 0 Å². The van der Waals surface area contributed by atoms with E-state index in [4.69, 9.17) is 5.11 Å². The summed E-state index contributed by atoms with van der Waals surface area (Å²) in [6.45, 7) is 3.52. The Morgan fingerprint density at radius 3 is 2.67 bits per heavy atom. The summed E-state index contributed by atoms with van der Waals surface area (Å²) in [6.07, 6.45) is 2.43. The molecule has 0 aliphatic carbocycles. The van der Waals surface area contributed by atoms with E-state index in [0.717, 1.165) is 11.9 Å². The van der Waals surface area contributed by atoms with Crippen LogP contribution in [0.15, 0.2) is 11.6 Å². The smallest absolute Gasteiger partial charge is 0.142 e. The Bertz CT molecular complexity index is 114. The number of carbonyl (C=O) groups is 1. The molecule has 2 nitrogen and oxygen atoms in total. The van der Waals surface area contributed by atoms with E-state index in [2.05, 4.69) is 0 Å². The zero-order chi connectivity index (χ0) is 7.28. The lowest BCUT2D eigenvalue weighted by atomic mass is 10.1. The number of hydrogen-bond acceptors (Lipinski definition) is 2. The molecule has 0 bridgehead atoms. The quantitative estimate of drug-likeness (QED) is 0.453. The summed E-state index contributed by atoms with van der Waals surface area (Å²) < 4.78 is 0. The van der Waals surface area contributed by atoms with Gasteiger partial charge in [0.15, 0.2) is 0 Å². The molecule has 52 valence electrons. The van der Waals surface area contributed by atoms with Crippen LogP contribution < -0.4 is 0 Å². The zero-order valence-electron chi connectivity index (χ0n) is 5.79. The van der Waals surface area contributed by atoms with Crippen LogP contribution in [0.25, 0.3) is 0 Å². The van der Waals surface area contributed by atoms with E-state index in [1.807, 2.05) is 6.92 Å². The first-order chi connectivity index (χ1) is 4.16. The highest BCUT2D eigenvalue weighted by Gasteiger charge is 1.94. The lowest BCUT2D eigenvalue weighted by molar-refractivity contribution is -0.104. The van der Waals surface area contributed by atoms with Crippen molar-refractivity contribution in [1.82, 2.24) is 0 Å². The molecule has 0 amide bonds. The minimum Gasteiger partial charge on any atom is -0.393 e. The molecule has 0 aliphatic heterocycles. The van der Waals surface area contributed by atoms with Crippen molar-refractivity contribution >= 4 is 6.29 Å². The van der Waals surface area contributed by atoms with Gasteiger partial charge in [-0.3, -0.25) is 4.79 Å². The fourth-order valence-corrected chi connectivity index (χ4v) is 0.650. The molecule has 9 heavy (non-hydrogen) atoms. The third-order valence-corrected chi connectivity index (χ3v) is 0.970. The highest BCUT2D eigenvalue weighted by Crippen LogP contribution is 2.01. The second kappa shape index (κ2) is 4.27. The number of carbonyl (C=O) groups excluding carboxylic acids is 1. The van der Waals surface area contributed by atoms with Gasteiger partial charge < -0.3 is 5.11 Å². The molecule has 0 aromatic heterocycles. The molecule has 0 saturated heterocycles. The van der Waals surface area contributed by atoms with Crippen molar-refractivity contribution < 1.29 is 9.90 Å². The standard InChI is InChI=1S/C7H12O2/c1-6(3-4-8)5-7(2)9/h3-4,7,9H,5H2,1-2H3/b6-3+. The molecule has 0 heterocycles. The minimum atomic E-state index is -0.346. The summed E-state index contributed by atoms with van der Waals surface area (Å²) in [5.41, 5.74) is 0.917. The topological polar surface area (TPSA) is 37.3 Å². The molecule has 0 aliphatic rings. The van der Waals surface area contributed by atoms with Crippen molar-refractivity contribution in [3.8, 4) is 0 Å². The van der Waals surface area contributed by atoms with E-state index in [9.17, 15) is 4.79 Å². The molecule has 1 unspecified atom stereocenters. The molecular weight excluding hydrogens is 116 g/mol. The third kappa shape index (κ3) is 5.24. The van der Waals surface area contributed by atoms with Gasteiger partial charge >= 0.3 is 0 Å². The normalized spacial score (nSPS) is 15.2. The Labute approximate surface area is 55.2 Å². The van der Waals surface area contributed by atoms with Crippen LogP contribution in [0.1, 0.15) is 20.3 Å². The van der Waals surface area contributed by atoms with Crippen LogP contribution in [0.2, 0.25) is 0 Å². The van der Waals surface area contributed by atoms with Crippen molar-refractivity contribution in [2.45, 2.75) is 26.4 Å². The van der Waals surface area contributed by atoms with Crippen molar-refractivity contribution in [2.75, 3.05) is 0 Å². The van der Waals surface area contributed by atoms with Crippen molar-refractivity contribution in [1.29, 1.82) is 0 Å². The number of rotatable bonds is 3. The summed E-state index contributed by atoms with van der Waals surface area (Å²) in [5.74, 6) is 0. The van der Waals surface area contributed by atoms with Crippen LogP contribution in [0.3, 0.4) is 0 Å². The van der Waals surface area contributed by atoms with Crippen LogP contribution in [0.4, 0.5) is 0 Å². The van der Waals surface area contributed by atoms with Crippen LogP contribution in [-0.4, -0.2) is 17.5 Å². The average molecular weight is 128 g/mol. The molecule has 0 rings (SSSR count). The monoisotopic (exact) mass is 128 g/mol. The Hall–Kier alpha value is -0.630. The van der Waals surface area contributed by atoms with Crippen LogP contribution in [-0.2, 0) is 4.79 Å². The predicted octanol–water partition coefficient (Wildman–Crippen LogP) is 0.903. The van der Waals surface area contributed by atoms with E-state index in [-0.39, 0.29) is 6.10 Å². The highest BCUT2D eigenvalue weighted by atomic mass is 16.3. The van der Waals surface area contributed by atoms with Gasteiger partial charge in [0.05, 0.1) is 6.10 Å². The summed E-state index contributed by atoms with van der Waals surface area (Å²) in [4.78, 5) is 9.84. The highest BCUT2D eigenvalue weighted by molar-refractivity contribution is 5.65. The molecule has 0 aromatic rings. The molecule has 0 saturated carbocycles. The van der Waals surface area contributed by atoms with Crippen molar-refractivity contribution in [3.63, 3.8) is 0 Å². The molecule has 1 atom stereocenters. The third-order valence-electron chi connectivity index (χ3n) is 0.970. The Kier molecular flexibility index (Phi) is 3.97. The summed E-state index contributed by atoms with van der Waals surface area (Å²) in [5, 5.41) is 8.79. The fourth-order valence-electron chi connectivity index (χ4n) is 0.650. The van der Waals surface area contributed by atoms with Gasteiger partial charge in [0.2, 0.25) is 0 Å². The lowest BCUT2D eigenvalue weighted by Gasteiger charge is -2.00. The van der Waals surface area contributed by atoms with Gasteiger partial charge in [-0.2, -0.15) is 0 Å². The maximum absolute atomic E-state index is 9.84. The van der Waals surface area contributed by atoms with Crippen molar-refractivity contribution in [2.24, 2.45) is 0 Å². The molecule has 2 heteroatoms. The number of aldehydes is 1. The first-order valence-electron chi connectivity index (χ1n) is 2.96. The fraction of sp³-hybridized carbons (Fsp3) is 0.571. The maximum Gasteiger partial charge on any atom is 0.142 e. The Balaban J connectivity index is 3.61. The summed E-state index contributed by atoms with van der Waals surface area (Å²) in [7, 11) is 0. The van der Waals surface area contributed by atoms with E-state index in [0.29, 0.717) is 6.42 Å². The average Bonchev–Trinajstić information content (AvgIpc) is 1.63. The van der Waals surface area contributed by atoms with Gasteiger partial charge in [-0.05, 0) is 26.3 Å². The van der Waals surface area contributed by atoms with Gasteiger partial charge in [0.1, 0.15) is 6.29 Å². The van der Waals surface area contributed by atoms with E-state index >= 15 is 0 Å². The second-order valence-corrected chi connectivity index (χ2v) is 2.20. The maximum atomic E-state index is 9.84. The van der Waals surface area contributed by atoms with Crippen LogP contribution >= 0.6 is 0 Å². The van der Waals surface area contributed by atoms with Gasteiger partial charge in [-0.1, -0.05) is 5.57 Å². The molecule has 0 spiro atoms. The lowest BCUT2D eigenvalue weighted by Crippen LogP contribution is -1.99. The number of aliphatic hydroxyl groups excluding tert-OH is 1. The largest absolute Gasteiger partial charge is 0.393 e. The SMILES string of the molecule is C/C(=C\C=O)CC(C)O. The van der Waals surface area contributed by atoms with Crippen LogP contribution in [0, 0.1) is 0 Å². The number of allylic oxidation sites excluding steroid dienone is 1. The van der Waals surface area contributed by atoms with Gasteiger partial charge in [0, 0.05) is 0 Å². The first-order valence-corrected chi connectivity index (χ1v) is 2.96. The van der Waals surface area contributed by atoms with E-state index in [1.165, 1.54) is 6.08 Å². The van der Waals surface area contributed by atoms with Gasteiger partial charge in [-0.25, -0.2) is 0 Å². The first kappa shape index (κ1) is 8.37. The predicted molar refractivity (Wildman–Crippen MR) is 36.1 cm³/mol. The number of hydrogen-bond donors (Lipinski definition) is 1. The van der Waals surface area contributed by atoms with Crippen molar-refractivity contribution in [3.05, 3.63) is 11.6 Å². The van der Waals surface area contributed by atoms with Crippen LogP contribution in [0.5, 0.6) is 0 Å². The van der Waals surface area contributed by atoms with E-state index < -0.39 is 0 Å². The number of aliphatic hydroxyl groups is 1. The van der Waals surface area contributed by atoms with E-state index in [1.54, 1.807) is 6.92 Å². The molecular formula is C7H12O2. The molecule has 0 fully saturated rings. The molecule has 1 N–H and O–H groups in total. The minimum absolute atomic E-state index is 0.346. The van der Waals surface area contributed by atoms with Gasteiger partial charge in [-0.15, -0.1) is 0 Å². The summed E-state index contributed by atoms with van der Waals surface area (Å²) in [6, 6.07) is 0. The Morgan fingerprint density at radius 1 is 1.78 bits per heavy atom.